The zero-order valence-corrected chi connectivity index (χ0v) is 28.7. The summed E-state index contributed by atoms with van der Waals surface area (Å²) in [6.07, 6.45) is 0. The second-order valence-corrected chi connectivity index (χ2v) is 13.9. The Balaban J connectivity index is 1.03. The molecule has 0 saturated carbocycles. The molecule has 0 spiro atoms. The van der Waals surface area contributed by atoms with E-state index in [0.29, 0.717) is 5.69 Å². The summed E-state index contributed by atoms with van der Waals surface area (Å²) in [4.78, 5) is 4.01. The highest BCUT2D eigenvalue weighted by Gasteiger charge is 2.21. The van der Waals surface area contributed by atoms with Crippen molar-refractivity contribution in [1.82, 2.24) is 9.13 Å². The van der Waals surface area contributed by atoms with Crippen LogP contribution >= 0.6 is 0 Å². The third kappa shape index (κ3) is 3.86. The van der Waals surface area contributed by atoms with Crippen LogP contribution in [0.25, 0.3) is 115 Å². The summed E-state index contributed by atoms with van der Waals surface area (Å²) in [6.45, 7) is 8.19. The molecule has 12 rings (SSSR count). The van der Waals surface area contributed by atoms with Crippen molar-refractivity contribution in [3.8, 4) is 22.5 Å². The molecule has 0 atom stereocenters. The third-order valence-electron chi connectivity index (χ3n) is 11.2. The Labute approximate surface area is 307 Å². The first kappa shape index (κ1) is 29.1. The van der Waals surface area contributed by atoms with Gasteiger partial charge in [0.1, 0.15) is 22.3 Å². The van der Waals surface area contributed by atoms with E-state index in [1.165, 1.54) is 0 Å². The van der Waals surface area contributed by atoms with Crippen molar-refractivity contribution in [1.29, 1.82) is 0 Å². The average molecular weight is 690 g/mol. The van der Waals surface area contributed by atoms with Crippen LogP contribution in [-0.2, 0) is 0 Å². The SMILES string of the molecule is [C-]#[N+]c1ccc(-c2ccc(-n3c4ccccc4c4c5oc6ccccc6c5ccc43)cc2)cc1-n1c2ccccc2c2c3oc4ccccc4c3ccc21. The molecule has 0 amide bonds. The monoisotopic (exact) mass is 689 g/mol. The zero-order valence-electron chi connectivity index (χ0n) is 28.7. The van der Waals surface area contributed by atoms with Crippen LogP contribution in [0.1, 0.15) is 0 Å². The van der Waals surface area contributed by atoms with E-state index in [4.69, 9.17) is 15.4 Å². The van der Waals surface area contributed by atoms with Gasteiger partial charge in [-0.3, -0.25) is 0 Å². The highest BCUT2D eigenvalue weighted by Crippen LogP contribution is 2.44. The Morgan fingerprint density at radius 2 is 0.907 bits per heavy atom. The van der Waals surface area contributed by atoms with Gasteiger partial charge in [0.05, 0.1) is 45.1 Å². The second-order valence-electron chi connectivity index (χ2n) is 13.9. The number of para-hydroxylation sites is 4. The second kappa shape index (κ2) is 10.7. The number of furan rings is 2. The van der Waals surface area contributed by atoms with Crippen LogP contribution in [0.3, 0.4) is 0 Å². The largest absolute Gasteiger partial charge is 0.455 e. The summed E-state index contributed by atoms with van der Waals surface area (Å²) < 4.78 is 17.6. The fraction of sp³-hybridized carbons (Fsp3) is 0. The average Bonchev–Trinajstić information content (AvgIpc) is 3.98. The van der Waals surface area contributed by atoms with E-state index < -0.39 is 0 Å². The lowest BCUT2D eigenvalue weighted by molar-refractivity contribution is 0.672. The maximum Gasteiger partial charge on any atom is 0.210 e. The van der Waals surface area contributed by atoms with Crippen molar-refractivity contribution in [3.05, 3.63) is 175 Å². The predicted molar refractivity (Wildman–Crippen MR) is 221 cm³/mol. The Bertz CT molecular complexity index is 3570. The molecule has 0 aliphatic heterocycles. The molecule has 0 radical (unpaired) electrons. The molecule has 0 aliphatic carbocycles. The summed E-state index contributed by atoms with van der Waals surface area (Å²) in [5.74, 6) is 0. The van der Waals surface area contributed by atoms with E-state index in [-0.39, 0.29) is 0 Å². The maximum absolute atomic E-state index is 8.19. The Kier molecular flexibility index (Phi) is 5.78. The highest BCUT2D eigenvalue weighted by atomic mass is 16.3. The quantitative estimate of drug-likeness (QED) is 0.173. The number of benzene rings is 8. The van der Waals surface area contributed by atoms with Crippen molar-refractivity contribution >= 4 is 93.2 Å². The molecule has 0 saturated heterocycles. The van der Waals surface area contributed by atoms with Gasteiger partial charge in [-0.2, -0.15) is 0 Å². The summed E-state index contributed by atoms with van der Waals surface area (Å²) in [6, 6.07) is 57.0. The Morgan fingerprint density at radius 1 is 0.407 bits per heavy atom. The molecule has 0 N–H and O–H groups in total. The van der Waals surface area contributed by atoms with Crippen molar-refractivity contribution in [2.45, 2.75) is 0 Å². The minimum Gasteiger partial charge on any atom is -0.455 e. The fourth-order valence-corrected chi connectivity index (χ4v) is 8.79. The van der Waals surface area contributed by atoms with Crippen LogP contribution in [0.5, 0.6) is 0 Å². The smallest absolute Gasteiger partial charge is 0.210 e. The summed E-state index contributed by atoms with van der Waals surface area (Å²) in [7, 11) is 0. The van der Waals surface area contributed by atoms with E-state index in [2.05, 4.69) is 141 Å². The van der Waals surface area contributed by atoms with Gasteiger partial charge in [-0.15, -0.1) is 0 Å². The van der Waals surface area contributed by atoms with Gasteiger partial charge >= 0.3 is 0 Å². The summed E-state index contributed by atoms with van der Waals surface area (Å²) in [5.41, 5.74) is 12.4. The van der Waals surface area contributed by atoms with E-state index in [1.54, 1.807) is 0 Å². The Hall–Kier alpha value is -7.55. The van der Waals surface area contributed by atoms with Crippen molar-refractivity contribution < 1.29 is 8.83 Å². The number of hydrogen-bond acceptors (Lipinski definition) is 2. The first-order valence-corrected chi connectivity index (χ1v) is 18.0. The van der Waals surface area contributed by atoms with Crippen LogP contribution in [0.4, 0.5) is 5.69 Å². The van der Waals surface area contributed by atoms with Crippen molar-refractivity contribution in [2.24, 2.45) is 0 Å². The molecule has 250 valence electrons. The van der Waals surface area contributed by atoms with E-state index in [9.17, 15) is 0 Å². The molecule has 5 nitrogen and oxygen atoms in total. The summed E-state index contributed by atoms with van der Waals surface area (Å²) >= 11 is 0. The van der Waals surface area contributed by atoms with Gasteiger partial charge < -0.3 is 18.0 Å². The molecule has 0 aliphatic rings. The summed E-state index contributed by atoms with van der Waals surface area (Å²) in [5, 5.41) is 8.86. The van der Waals surface area contributed by atoms with Gasteiger partial charge in [0.15, 0.2) is 0 Å². The van der Waals surface area contributed by atoms with Gasteiger partial charge in [0.25, 0.3) is 0 Å². The minimum absolute atomic E-state index is 0.588. The van der Waals surface area contributed by atoms with Gasteiger partial charge in [-0.25, -0.2) is 4.85 Å². The standard InChI is InChI=1S/C49H27N3O2/c1-50-38-25-20-30(28-43(38)52-40-15-7-3-13-37(40)47-42(52)27-24-35-33-11-5-9-17-45(33)54-49(35)47)29-18-21-31(22-19-29)51-39-14-6-2-12-36(39)46-41(51)26-23-34-32-10-4-8-16-44(32)53-48(34)46/h2-28H. The molecule has 12 aromatic rings. The molecular weight excluding hydrogens is 663 g/mol. The fourth-order valence-electron chi connectivity index (χ4n) is 8.79. The normalized spacial score (nSPS) is 12.1. The molecule has 5 heteroatoms. The van der Waals surface area contributed by atoms with E-state index in [0.717, 1.165) is 110 Å². The van der Waals surface area contributed by atoms with Gasteiger partial charge in [-0.1, -0.05) is 97.1 Å². The highest BCUT2D eigenvalue weighted by molar-refractivity contribution is 6.25. The van der Waals surface area contributed by atoms with Crippen LogP contribution in [0.15, 0.2) is 173 Å². The molecular formula is C49H27N3O2. The molecule has 4 aromatic heterocycles. The van der Waals surface area contributed by atoms with Crippen LogP contribution in [-0.4, -0.2) is 9.13 Å². The number of rotatable bonds is 3. The number of fused-ring (bicyclic) bond motifs is 14. The number of aromatic nitrogens is 2. The lowest BCUT2D eigenvalue weighted by Gasteiger charge is -2.13. The first-order valence-electron chi connectivity index (χ1n) is 18.0. The first-order chi connectivity index (χ1) is 26.7. The molecule has 0 unspecified atom stereocenters. The molecule has 8 aromatic carbocycles. The van der Waals surface area contributed by atoms with E-state index >= 15 is 0 Å². The topological polar surface area (TPSA) is 40.5 Å². The minimum atomic E-state index is 0.588. The van der Waals surface area contributed by atoms with Crippen LogP contribution in [0.2, 0.25) is 0 Å². The lowest BCUT2D eigenvalue weighted by atomic mass is 10.0. The van der Waals surface area contributed by atoms with E-state index in [1.807, 2.05) is 36.4 Å². The molecule has 54 heavy (non-hydrogen) atoms. The van der Waals surface area contributed by atoms with Crippen LogP contribution in [0, 0.1) is 6.57 Å². The zero-order chi connectivity index (χ0) is 35.5. The van der Waals surface area contributed by atoms with Gasteiger partial charge in [0, 0.05) is 38.0 Å². The molecule has 4 heterocycles. The Morgan fingerprint density at radius 3 is 1.50 bits per heavy atom. The number of hydrogen-bond donors (Lipinski definition) is 0. The van der Waals surface area contributed by atoms with Gasteiger partial charge in [0.2, 0.25) is 5.69 Å². The molecule has 0 fully saturated rings. The van der Waals surface area contributed by atoms with Crippen molar-refractivity contribution in [3.63, 3.8) is 0 Å². The van der Waals surface area contributed by atoms with Crippen molar-refractivity contribution in [2.75, 3.05) is 0 Å². The molecule has 0 bridgehead atoms. The lowest BCUT2D eigenvalue weighted by Crippen LogP contribution is -1.96. The number of nitrogens with zero attached hydrogens (tertiary/aromatic N) is 3. The maximum atomic E-state index is 8.19. The third-order valence-corrected chi connectivity index (χ3v) is 11.2. The van der Waals surface area contributed by atoms with Gasteiger partial charge in [-0.05, 0) is 77.9 Å². The van der Waals surface area contributed by atoms with Crippen LogP contribution < -0.4 is 0 Å². The predicted octanol–water partition coefficient (Wildman–Crippen LogP) is 13.9.